The Morgan fingerprint density at radius 1 is 1.19 bits per heavy atom. The average Bonchev–Trinajstić information content (AvgIpc) is 3.19. The Hall–Kier alpha value is -4.08. The number of hydrogen-bond acceptors (Lipinski definition) is 5. The second-order valence-electron chi connectivity index (χ2n) is 9.17. The van der Waals surface area contributed by atoms with Crippen LogP contribution in [0.2, 0.25) is 0 Å². The van der Waals surface area contributed by atoms with Gasteiger partial charge in [-0.1, -0.05) is 32.0 Å². The number of methoxy groups -OCH3 is 1. The first-order chi connectivity index (χ1) is 17.7. The Morgan fingerprint density at radius 3 is 2.68 bits per heavy atom. The lowest BCUT2D eigenvalue weighted by molar-refractivity contribution is 0.0922. The second-order valence-corrected chi connectivity index (χ2v) is 9.17. The lowest BCUT2D eigenvalue weighted by Gasteiger charge is -2.27. The van der Waals surface area contributed by atoms with E-state index in [0.29, 0.717) is 24.8 Å². The van der Waals surface area contributed by atoms with E-state index in [9.17, 15) is 13.6 Å². The molecule has 0 spiro atoms. The van der Waals surface area contributed by atoms with E-state index in [1.807, 2.05) is 38.1 Å². The zero-order chi connectivity index (χ0) is 26.4. The van der Waals surface area contributed by atoms with E-state index >= 15 is 4.39 Å². The van der Waals surface area contributed by atoms with Crippen LogP contribution in [0.15, 0.2) is 36.5 Å². The zero-order valence-electron chi connectivity index (χ0n) is 20.7. The molecular formula is C27H25F3N4O3. The number of rotatable bonds is 5. The fourth-order valence-electron chi connectivity index (χ4n) is 4.85. The predicted octanol–water partition coefficient (Wildman–Crippen LogP) is 5.51. The number of benzene rings is 2. The highest BCUT2D eigenvalue weighted by atomic mass is 19.1. The van der Waals surface area contributed by atoms with Gasteiger partial charge in [0.15, 0.2) is 23.0 Å². The van der Waals surface area contributed by atoms with Gasteiger partial charge in [-0.05, 0) is 18.9 Å². The maximum atomic E-state index is 15.2. The number of nitrogens with one attached hydrogen (secondary N) is 1. The third-order valence-corrected chi connectivity index (χ3v) is 6.49. The summed E-state index contributed by atoms with van der Waals surface area (Å²) in [5, 5.41) is 7.55. The van der Waals surface area contributed by atoms with Crippen LogP contribution in [0.3, 0.4) is 0 Å². The fraction of sp³-hybridized carbons (Fsp3) is 0.296. The van der Waals surface area contributed by atoms with Crippen molar-refractivity contribution in [2.24, 2.45) is 0 Å². The van der Waals surface area contributed by atoms with Gasteiger partial charge in [-0.2, -0.15) is 5.10 Å². The molecule has 0 radical (unpaired) electrons. The quantitative estimate of drug-likeness (QED) is 0.383. The molecule has 0 saturated heterocycles. The van der Waals surface area contributed by atoms with Gasteiger partial charge in [-0.3, -0.25) is 4.79 Å². The molecule has 0 fully saturated rings. The first-order valence-corrected chi connectivity index (χ1v) is 11.9. The first-order valence-electron chi connectivity index (χ1n) is 11.9. The van der Waals surface area contributed by atoms with Crippen molar-refractivity contribution in [2.45, 2.75) is 39.2 Å². The number of para-hydroxylation sites is 1. The molecule has 0 unspecified atom stereocenters. The van der Waals surface area contributed by atoms with Crippen LogP contribution >= 0.6 is 0 Å². The van der Waals surface area contributed by atoms with E-state index in [4.69, 9.17) is 9.47 Å². The summed E-state index contributed by atoms with van der Waals surface area (Å²) >= 11 is 0. The minimum atomic E-state index is -1.19. The highest BCUT2D eigenvalue weighted by Gasteiger charge is 2.30. The van der Waals surface area contributed by atoms with E-state index in [0.717, 1.165) is 18.4 Å². The minimum absolute atomic E-state index is 0.0560. The van der Waals surface area contributed by atoms with Gasteiger partial charge in [0.05, 0.1) is 47.8 Å². The molecule has 0 aliphatic carbocycles. The van der Waals surface area contributed by atoms with Crippen molar-refractivity contribution in [2.75, 3.05) is 13.7 Å². The first kappa shape index (κ1) is 24.6. The summed E-state index contributed by atoms with van der Waals surface area (Å²) in [6.45, 7) is 5.81. The molecule has 37 heavy (non-hydrogen) atoms. The number of aryl methyl sites for hydroxylation is 1. The lowest BCUT2D eigenvalue weighted by Crippen LogP contribution is -2.33. The standard InChI is InChI=1S/C27H25F3N4O3/c1-13(2)24-16(27(35)32-19-9-10-37-20-8-6-5-7-15(19)20)12-31-26-21(14(3)33-34(24)26)22-17(28)11-18(29)25(36-4)23(22)30/h5-8,11-13,19H,9-10H2,1-4H3,(H,32,35)/t19-/m0/s1. The second kappa shape index (κ2) is 9.42. The lowest BCUT2D eigenvalue weighted by atomic mass is 9.99. The summed E-state index contributed by atoms with van der Waals surface area (Å²) in [5.41, 5.74) is 1.66. The molecule has 2 aromatic carbocycles. The third kappa shape index (κ3) is 4.06. The minimum Gasteiger partial charge on any atom is -0.493 e. The Kier molecular flexibility index (Phi) is 6.26. The van der Waals surface area contributed by atoms with Crippen LogP contribution in [0.1, 0.15) is 59.5 Å². The molecule has 2 aromatic heterocycles. The number of fused-ring (bicyclic) bond motifs is 2. The van der Waals surface area contributed by atoms with Crippen molar-refractivity contribution >= 4 is 11.6 Å². The Morgan fingerprint density at radius 2 is 1.95 bits per heavy atom. The third-order valence-electron chi connectivity index (χ3n) is 6.49. The summed E-state index contributed by atoms with van der Waals surface area (Å²) in [4.78, 5) is 17.9. The molecule has 1 aliphatic heterocycles. The highest BCUT2D eigenvalue weighted by Crippen LogP contribution is 2.38. The maximum absolute atomic E-state index is 15.2. The summed E-state index contributed by atoms with van der Waals surface area (Å²) in [5.74, 6) is -3.98. The molecular weight excluding hydrogens is 485 g/mol. The van der Waals surface area contributed by atoms with Crippen LogP contribution in [0.4, 0.5) is 13.2 Å². The van der Waals surface area contributed by atoms with E-state index in [1.165, 1.54) is 10.7 Å². The molecule has 1 N–H and O–H groups in total. The van der Waals surface area contributed by atoms with Gasteiger partial charge in [0.1, 0.15) is 11.6 Å². The van der Waals surface area contributed by atoms with Crippen LogP contribution in [0.5, 0.6) is 11.5 Å². The molecule has 192 valence electrons. The highest BCUT2D eigenvalue weighted by molar-refractivity contribution is 5.96. The number of halogens is 3. The van der Waals surface area contributed by atoms with Gasteiger partial charge in [0, 0.05) is 24.2 Å². The molecule has 1 aliphatic rings. The van der Waals surface area contributed by atoms with Crippen molar-refractivity contribution in [3.63, 3.8) is 0 Å². The van der Waals surface area contributed by atoms with E-state index in [1.54, 1.807) is 6.92 Å². The number of carbonyl (C=O) groups excluding carboxylic acids is 1. The average molecular weight is 511 g/mol. The molecule has 1 atom stereocenters. The molecule has 1 amide bonds. The molecule has 7 nitrogen and oxygen atoms in total. The monoisotopic (exact) mass is 510 g/mol. The Labute approximate surface area is 211 Å². The van der Waals surface area contributed by atoms with Gasteiger partial charge in [-0.25, -0.2) is 22.7 Å². The smallest absolute Gasteiger partial charge is 0.255 e. The largest absolute Gasteiger partial charge is 0.493 e. The Balaban J connectivity index is 1.62. The van der Waals surface area contributed by atoms with Crippen molar-refractivity contribution < 1.29 is 27.4 Å². The molecule has 0 bridgehead atoms. The number of amides is 1. The molecule has 3 heterocycles. The topological polar surface area (TPSA) is 77.8 Å². The van der Waals surface area contributed by atoms with Gasteiger partial charge in [0.2, 0.25) is 0 Å². The van der Waals surface area contributed by atoms with Crippen LogP contribution < -0.4 is 14.8 Å². The van der Waals surface area contributed by atoms with Gasteiger partial charge in [-0.15, -0.1) is 0 Å². The molecule has 0 saturated carbocycles. The van der Waals surface area contributed by atoms with E-state index < -0.39 is 28.8 Å². The van der Waals surface area contributed by atoms with Crippen LogP contribution in [-0.2, 0) is 0 Å². The van der Waals surface area contributed by atoms with Gasteiger partial charge < -0.3 is 14.8 Å². The Bertz CT molecular complexity index is 1530. The number of nitrogens with zero attached hydrogens (tertiary/aromatic N) is 3. The normalized spacial score (nSPS) is 15.0. The summed E-state index contributed by atoms with van der Waals surface area (Å²) < 4.78 is 56.0. The van der Waals surface area contributed by atoms with Crippen molar-refractivity contribution in [3.8, 4) is 22.6 Å². The molecule has 5 rings (SSSR count). The fourth-order valence-corrected chi connectivity index (χ4v) is 4.85. The number of ether oxygens (including phenoxy) is 2. The summed E-state index contributed by atoms with van der Waals surface area (Å²) in [6, 6.07) is 7.84. The zero-order valence-corrected chi connectivity index (χ0v) is 20.7. The number of aromatic nitrogens is 3. The van der Waals surface area contributed by atoms with E-state index in [-0.39, 0.29) is 40.3 Å². The van der Waals surface area contributed by atoms with Crippen LogP contribution in [-0.4, -0.2) is 34.2 Å². The molecule has 10 heteroatoms. The van der Waals surface area contributed by atoms with Crippen molar-refractivity contribution in [1.29, 1.82) is 0 Å². The summed E-state index contributed by atoms with van der Waals surface area (Å²) in [7, 11) is 1.10. The van der Waals surface area contributed by atoms with Crippen molar-refractivity contribution in [3.05, 3.63) is 76.5 Å². The summed E-state index contributed by atoms with van der Waals surface area (Å²) in [6.07, 6.45) is 1.98. The van der Waals surface area contributed by atoms with Crippen LogP contribution in [0.25, 0.3) is 16.8 Å². The van der Waals surface area contributed by atoms with Gasteiger partial charge >= 0.3 is 0 Å². The maximum Gasteiger partial charge on any atom is 0.255 e. The van der Waals surface area contributed by atoms with E-state index in [2.05, 4.69) is 15.4 Å². The van der Waals surface area contributed by atoms with Gasteiger partial charge in [0.25, 0.3) is 5.91 Å². The number of hydrogen-bond donors (Lipinski definition) is 1. The molecule has 4 aromatic rings. The number of carbonyl (C=O) groups is 1. The van der Waals surface area contributed by atoms with Crippen molar-refractivity contribution in [1.82, 2.24) is 19.9 Å². The van der Waals surface area contributed by atoms with Crippen LogP contribution in [0, 0.1) is 24.4 Å². The SMILES string of the molecule is COc1c(F)cc(F)c(-c2c(C)nn3c(C(C)C)c(C(=O)N[C@H]4CCOc5ccccc54)cnc23)c1F. The predicted molar refractivity (Wildman–Crippen MR) is 130 cm³/mol.